The molecule has 1 heterocycles. The summed E-state index contributed by atoms with van der Waals surface area (Å²) in [5.74, 6) is 0. The number of benzene rings is 2. The first-order valence-corrected chi connectivity index (χ1v) is 9.42. The highest BCUT2D eigenvalue weighted by molar-refractivity contribution is 5.76. The van der Waals surface area contributed by atoms with E-state index in [1.54, 1.807) is 24.3 Å². The molecular formula is C24H29N3O. The minimum Gasteiger partial charge on any atom is -0.399 e. The molecule has 0 fully saturated rings. The van der Waals surface area contributed by atoms with Gasteiger partial charge in [-0.25, -0.2) is 0 Å². The lowest BCUT2D eigenvalue weighted by Gasteiger charge is -2.20. The van der Waals surface area contributed by atoms with E-state index in [0.29, 0.717) is 11.3 Å². The van der Waals surface area contributed by atoms with Crippen LogP contribution in [0.5, 0.6) is 0 Å². The van der Waals surface area contributed by atoms with Crippen LogP contribution in [0.1, 0.15) is 49.3 Å². The number of hydrogen-bond donors (Lipinski definition) is 2. The lowest BCUT2D eigenvalue weighted by atomic mass is 9.90. The number of carbonyl (C=O) groups excluding carboxylic acids is 1. The molecule has 0 bridgehead atoms. The van der Waals surface area contributed by atoms with Crippen LogP contribution in [0.25, 0.3) is 11.3 Å². The van der Waals surface area contributed by atoms with Crippen molar-refractivity contribution in [2.24, 2.45) is 0 Å². The maximum atomic E-state index is 10.1. The topological polar surface area (TPSA) is 82.0 Å². The largest absolute Gasteiger partial charge is 0.399 e. The molecular weight excluding hydrogens is 346 g/mol. The molecule has 0 atom stereocenters. The summed E-state index contributed by atoms with van der Waals surface area (Å²) in [7, 11) is 0. The zero-order valence-corrected chi connectivity index (χ0v) is 17.1. The van der Waals surface area contributed by atoms with Crippen LogP contribution in [0.15, 0.2) is 60.7 Å². The van der Waals surface area contributed by atoms with Gasteiger partial charge in [-0.2, -0.15) is 0 Å². The molecule has 0 radical (unpaired) electrons. The number of hydrogen-bond acceptors (Lipinski definition) is 4. The fraction of sp³-hybridized carbons (Fsp3) is 0.250. The van der Waals surface area contributed by atoms with Gasteiger partial charge >= 0.3 is 0 Å². The summed E-state index contributed by atoms with van der Waals surface area (Å²) in [5.41, 5.74) is 17.9. The predicted octanol–water partition coefficient (Wildman–Crippen LogP) is 5.27. The maximum Gasteiger partial charge on any atom is 0.150 e. The zero-order chi connectivity index (χ0) is 20.7. The van der Waals surface area contributed by atoms with Crippen LogP contribution in [0, 0.1) is 0 Å². The number of carbonyl (C=O) groups is 1. The molecule has 0 unspecified atom stereocenters. The molecule has 146 valence electrons. The van der Waals surface area contributed by atoms with Gasteiger partial charge in [0.05, 0.1) is 11.4 Å². The molecule has 4 heteroatoms. The standard InChI is InChI=1S/C17H22N2.C7H7NO/c1-5-12-8-6-7-9-13(12)16-14(18)10-11-15(19-16)17(2,3)4;8-7-3-1-2-6(4-7)5-9/h6-11H,5,18H2,1-4H3;1-5H,8H2. The molecule has 28 heavy (non-hydrogen) atoms. The molecule has 0 aliphatic heterocycles. The first-order chi connectivity index (χ1) is 13.3. The Balaban J connectivity index is 0.000000261. The van der Waals surface area contributed by atoms with E-state index in [-0.39, 0.29) is 5.41 Å². The van der Waals surface area contributed by atoms with Crippen LogP contribution in [0.3, 0.4) is 0 Å². The molecule has 0 aliphatic rings. The Kier molecular flexibility index (Phi) is 6.94. The van der Waals surface area contributed by atoms with Gasteiger partial charge in [-0.3, -0.25) is 9.78 Å². The molecule has 2 aromatic carbocycles. The summed E-state index contributed by atoms with van der Waals surface area (Å²) < 4.78 is 0. The summed E-state index contributed by atoms with van der Waals surface area (Å²) in [4.78, 5) is 14.9. The predicted molar refractivity (Wildman–Crippen MR) is 118 cm³/mol. The van der Waals surface area contributed by atoms with Crippen LogP contribution in [0.2, 0.25) is 0 Å². The van der Waals surface area contributed by atoms with Crippen LogP contribution < -0.4 is 11.5 Å². The summed E-state index contributed by atoms with van der Waals surface area (Å²) >= 11 is 0. The van der Waals surface area contributed by atoms with Crippen molar-refractivity contribution >= 4 is 17.7 Å². The second-order valence-corrected chi connectivity index (χ2v) is 7.68. The number of nitrogen functional groups attached to an aromatic ring is 2. The van der Waals surface area contributed by atoms with Gasteiger partial charge in [-0.05, 0) is 36.2 Å². The van der Waals surface area contributed by atoms with Gasteiger partial charge in [0.25, 0.3) is 0 Å². The molecule has 0 saturated heterocycles. The molecule has 0 aliphatic carbocycles. The normalized spacial score (nSPS) is 10.7. The van der Waals surface area contributed by atoms with Gasteiger partial charge < -0.3 is 11.5 Å². The number of nitrogens with two attached hydrogens (primary N) is 2. The average molecular weight is 376 g/mol. The van der Waals surface area contributed by atoms with Crippen LogP contribution in [-0.4, -0.2) is 11.3 Å². The fourth-order valence-corrected chi connectivity index (χ4v) is 2.80. The van der Waals surface area contributed by atoms with E-state index < -0.39 is 0 Å². The third kappa shape index (κ3) is 5.43. The van der Waals surface area contributed by atoms with Crippen molar-refractivity contribution in [3.63, 3.8) is 0 Å². The summed E-state index contributed by atoms with van der Waals surface area (Å²) in [6.07, 6.45) is 1.76. The van der Waals surface area contributed by atoms with E-state index in [1.165, 1.54) is 5.56 Å². The highest BCUT2D eigenvalue weighted by Crippen LogP contribution is 2.30. The van der Waals surface area contributed by atoms with E-state index in [4.69, 9.17) is 16.5 Å². The van der Waals surface area contributed by atoms with Crippen molar-refractivity contribution < 1.29 is 4.79 Å². The van der Waals surface area contributed by atoms with Crippen LogP contribution >= 0.6 is 0 Å². The van der Waals surface area contributed by atoms with Crippen molar-refractivity contribution in [2.45, 2.75) is 39.5 Å². The Labute approximate surface area is 167 Å². The molecule has 0 saturated carbocycles. The number of nitrogens with zero attached hydrogens (tertiary/aromatic N) is 1. The van der Waals surface area contributed by atoms with E-state index >= 15 is 0 Å². The highest BCUT2D eigenvalue weighted by Gasteiger charge is 2.18. The minimum absolute atomic E-state index is 0.0314. The van der Waals surface area contributed by atoms with Gasteiger partial charge in [0.15, 0.2) is 0 Å². The first-order valence-electron chi connectivity index (χ1n) is 9.42. The van der Waals surface area contributed by atoms with Gasteiger partial charge in [-0.1, -0.05) is 64.1 Å². The quantitative estimate of drug-likeness (QED) is 0.482. The summed E-state index contributed by atoms with van der Waals surface area (Å²) in [6, 6.07) is 19.2. The lowest BCUT2D eigenvalue weighted by Crippen LogP contribution is -2.14. The summed E-state index contributed by atoms with van der Waals surface area (Å²) in [6.45, 7) is 8.66. The van der Waals surface area contributed by atoms with Gasteiger partial charge in [-0.15, -0.1) is 0 Å². The second-order valence-electron chi connectivity index (χ2n) is 7.68. The first kappa shape index (κ1) is 21.2. The number of aldehydes is 1. The number of rotatable bonds is 3. The SMILES string of the molecule is CCc1ccccc1-c1nc(C(C)(C)C)ccc1N.Nc1cccc(C=O)c1. The average Bonchev–Trinajstić information content (AvgIpc) is 2.68. The van der Waals surface area contributed by atoms with Gasteiger partial charge in [0, 0.05) is 27.9 Å². The smallest absolute Gasteiger partial charge is 0.150 e. The number of anilines is 2. The number of aromatic nitrogens is 1. The van der Waals surface area contributed by atoms with Crippen molar-refractivity contribution in [2.75, 3.05) is 11.5 Å². The molecule has 1 aromatic heterocycles. The van der Waals surface area contributed by atoms with Gasteiger partial charge in [0.1, 0.15) is 6.29 Å². The Hall–Kier alpha value is -3.14. The molecule has 0 amide bonds. The molecule has 0 spiro atoms. The zero-order valence-electron chi connectivity index (χ0n) is 17.1. The maximum absolute atomic E-state index is 10.1. The molecule has 4 nitrogen and oxygen atoms in total. The minimum atomic E-state index is 0.0314. The van der Waals surface area contributed by atoms with Crippen molar-refractivity contribution in [3.05, 3.63) is 77.5 Å². The summed E-state index contributed by atoms with van der Waals surface area (Å²) in [5, 5.41) is 0. The second kappa shape index (κ2) is 9.18. The van der Waals surface area contributed by atoms with E-state index in [2.05, 4.69) is 45.9 Å². The van der Waals surface area contributed by atoms with Crippen LogP contribution in [-0.2, 0) is 11.8 Å². The Morgan fingerprint density at radius 3 is 2.25 bits per heavy atom. The third-order valence-corrected chi connectivity index (χ3v) is 4.40. The monoisotopic (exact) mass is 375 g/mol. The van der Waals surface area contributed by atoms with Crippen molar-refractivity contribution in [3.8, 4) is 11.3 Å². The van der Waals surface area contributed by atoms with E-state index in [9.17, 15) is 4.79 Å². The fourth-order valence-electron chi connectivity index (χ4n) is 2.80. The lowest BCUT2D eigenvalue weighted by molar-refractivity contribution is 0.112. The molecule has 4 N–H and O–H groups in total. The van der Waals surface area contributed by atoms with Crippen molar-refractivity contribution in [1.82, 2.24) is 4.98 Å². The van der Waals surface area contributed by atoms with E-state index in [0.717, 1.165) is 35.3 Å². The third-order valence-electron chi connectivity index (χ3n) is 4.40. The number of aryl methyl sites for hydroxylation is 1. The van der Waals surface area contributed by atoms with Crippen LogP contribution in [0.4, 0.5) is 11.4 Å². The van der Waals surface area contributed by atoms with E-state index in [1.807, 2.05) is 18.2 Å². The number of pyridine rings is 1. The van der Waals surface area contributed by atoms with Crippen molar-refractivity contribution in [1.29, 1.82) is 0 Å². The van der Waals surface area contributed by atoms with Gasteiger partial charge in [0.2, 0.25) is 0 Å². The highest BCUT2D eigenvalue weighted by atomic mass is 16.1. The Morgan fingerprint density at radius 1 is 0.964 bits per heavy atom. The molecule has 3 rings (SSSR count). The Morgan fingerprint density at radius 2 is 1.68 bits per heavy atom. The molecule has 3 aromatic rings. The Bertz CT molecular complexity index is 943.